The summed E-state index contributed by atoms with van der Waals surface area (Å²) < 4.78 is 48.2. The number of rotatable bonds is 6. The minimum atomic E-state index is -5.85. The van der Waals surface area contributed by atoms with Crippen LogP contribution in [0.25, 0.3) is 0 Å². The van der Waals surface area contributed by atoms with E-state index in [2.05, 4.69) is 69.6 Å². The van der Waals surface area contributed by atoms with Crippen molar-refractivity contribution in [1.82, 2.24) is 0 Å². The van der Waals surface area contributed by atoms with Crippen molar-refractivity contribution in [3.05, 3.63) is 0 Å². The van der Waals surface area contributed by atoms with Crippen molar-refractivity contribution >= 4 is 115 Å². The predicted molar refractivity (Wildman–Crippen MR) is 88.9 cm³/mol. The van der Waals surface area contributed by atoms with Crippen LogP contribution in [0, 0.1) is 62.2 Å². The van der Waals surface area contributed by atoms with Crippen LogP contribution in [-0.2, 0) is 27.4 Å². The molecule has 0 heterocycles. The second-order valence-electron chi connectivity index (χ2n) is 4.51. The summed E-state index contributed by atoms with van der Waals surface area (Å²) in [5.41, 5.74) is 0. The summed E-state index contributed by atoms with van der Waals surface area (Å²) in [4.78, 5) is 119. The van der Waals surface area contributed by atoms with E-state index in [1.807, 2.05) is 0 Å². The minimum absolute atomic E-state index is 0. The van der Waals surface area contributed by atoms with Gasteiger partial charge in [0, 0.05) is 0 Å². The number of halogens is 6. The summed E-state index contributed by atoms with van der Waals surface area (Å²) in [6.07, 6.45) is 0. The zero-order valence-electron chi connectivity index (χ0n) is 14.8. The summed E-state index contributed by atoms with van der Waals surface area (Å²) in [6, 6.07) is 0. The van der Waals surface area contributed by atoms with Gasteiger partial charge in [0.15, 0.2) is 11.4 Å². The molecular formula is C3Cl6O18P6U2. The fourth-order valence-electron chi connectivity index (χ4n) is 0.450. The van der Waals surface area contributed by atoms with Crippen molar-refractivity contribution in [3.8, 4) is 0 Å². The quantitative estimate of drug-likeness (QED) is 0.176. The molecule has 0 saturated heterocycles. The van der Waals surface area contributed by atoms with Crippen LogP contribution >= 0.6 is 115 Å². The number of alkyl halides is 6. The Labute approximate surface area is 271 Å². The van der Waals surface area contributed by atoms with Crippen molar-refractivity contribution in [2.75, 3.05) is 0 Å². The van der Waals surface area contributed by atoms with Gasteiger partial charge in [0.1, 0.15) is 0 Å². The Balaban J connectivity index is -0.000000125. The van der Waals surface area contributed by atoms with Gasteiger partial charge in [-0.3, -0.25) is 0 Å². The van der Waals surface area contributed by atoms with Gasteiger partial charge in [-0.2, -0.15) is 0 Å². The van der Waals surface area contributed by atoms with Crippen molar-refractivity contribution < 1.29 is 148 Å². The third-order valence-corrected chi connectivity index (χ3v) is 17.8. The normalized spacial score (nSPS) is 14.2. The van der Waals surface area contributed by atoms with Crippen molar-refractivity contribution in [2.45, 2.75) is 11.4 Å². The van der Waals surface area contributed by atoms with Crippen molar-refractivity contribution in [1.29, 1.82) is 0 Å². The Bertz CT molecular complexity index is 768. The van der Waals surface area contributed by atoms with Crippen LogP contribution in [0.1, 0.15) is 0 Å². The van der Waals surface area contributed by atoms with Gasteiger partial charge < -0.3 is 86.1 Å². The molecule has 32 heteroatoms. The van der Waals surface area contributed by atoms with Crippen LogP contribution in [0.4, 0.5) is 0 Å². The van der Waals surface area contributed by atoms with E-state index in [0.29, 0.717) is 0 Å². The number of hydrogen-bond acceptors (Lipinski definition) is 18. The molecule has 200 valence electrons. The molecule has 0 aromatic heterocycles. The van der Waals surface area contributed by atoms with E-state index < -0.39 is 57.0 Å². The zero-order valence-corrected chi connectivity index (χ0v) is 33.0. The predicted octanol–water partition coefficient (Wildman–Crippen LogP) is -6.29. The SMILES string of the molecule is O=P([O-])([O-])C(Cl)(Cl)P(=O)([O-])[O-].O=P([O-])([O-])C(Cl)(Cl)P(=O)([O-])[O-].O=P([O-])([O-])C(Cl)(Cl)P(=O)([O-])[O-].[U+6].[U+6]. The summed E-state index contributed by atoms with van der Waals surface area (Å²) in [7, 11) is -35.1. The molecule has 35 heavy (non-hydrogen) atoms. The minimum Gasteiger partial charge on any atom is -0.808 e. The molecule has 0 aliphatic heterocycles. The summed E-state index contributed by atoms with van der Waals surface area (Å²) in [5.74, 6) is 0. The summed E-state index contributed by atoms with van der Waals surface area (Å²) >= 11 is 26.9. The van der Waals surface area contributed by atoms with Crippen LogP contribution in [0.2, 0.25) is 0 Å². The Morgan fingerprint density at radius 1 is 0.314 bits per heavy atom. The van der Waals surface area contributed by atoms with Gasteiger partial charge in [-0.15, -0.1) is 0 Å². The Kier molecular flexibility index (Phi) is 22.6. The van der Waals surface area contributed by atoms with Gasteiger partial charge in [0.05, 0.1) is 0 Å². The molecule has 0 rings (SSSR count). The van der Waals surface area contributed by atoms with Gasteiger partial charge in [0.25, 0.3) is 0 Å². The van der Waals surface area contributed by atoms with Crippen LogP contribution in [0.3, 0.4) is 0 Å². The van der Waals surface area contributed by atoms with E-state index in [9.17, 15) is 86.1 Å². The molecule has 0 aromatic carbocycles. The molecule has 0 unspecified atom stereocenters. The third kappa shape index (κ3) is 15.2. The van der Waals surface area contributed by atoms with Crippen LogP contribution in [-0.4, -0.2) is 11.4 Å². The summed E-state index contributed by atoms with van der Waals surface area (Å²) in [5, 5.41) is 0. The van der Waals surface area contributed by atoms with E-state index in [1.165, 1.54) is 0 Å². The van der Waals surface area contributed by atoms with E-state index in [4.69, 9.17) is 0 Å². The maximum absolute atomic E-state index is 9.94. The topological polar surface area (TPSA) is 379 Å². The van der Waals surface area contributed by atoms with Gasteiger partial charge in [-0.05, 0) is 45.6 Å². The Hall–Kier alpha value is 4.74. The van der Waals surface area contributed by atoms with Crippen LogP contribution in [0.15, 0.2) is 0 Å². The maximum Gasteiger partial charge on any atom is 6.00 e. The van der Waals surface area contributed by atoms with E-state index >= 15 is 0 Å². The first-order valence-electron chi connectivity index (χ1n) is 5.76. The van der Waals surface area contributed by atoms with E-state index in [1.54, 1.807) is 0 Å². The first kappa shape index (κ1) is 49.4. The molecule has 0 spiro atoms. The van der Waals surface area contributed by atoms with Gasteiger partial charge in [-0.25, -0.2) is 0 Å². The third-order valence-electron chi connectivity index (χ3n) is 1.98. The van der Waals surface area contributed by atoms with Gasteiger partial charge >= 0.3 is 62.2 Å². The standard InChI is InChI=1S/3CH4Cl2O6P2.2U/c3*2-1(3,10(4,5)6)11(7,8)9;;/h3*(H2,4,5,6)(H2,7,8,9);;/q;;;2*+6/p-12. The van der Waals surface area contributed by atoms with E-state index in [0.717, 1.165) is 0 Å². The molecule has 0 aliphatic carbocycles. The molecule has 0 N–H and O–H groups in total. The Morgan fingerprint density at radius 2 is 0.371 bits per heavy atom. The fourth-order valence-corrected chi connectivity index (χ4v) is 4.05. The maximum atomic E-state index is 9.94. The zero-order chi connectivity index (χ0) is 28.5. The molecule has 0 radical (unpaired) electrons. The molecule has 0 fully saturated rings. The number of hydrogen-bond donors (Lipinski definition) is 0. The van der Waals surface area contributed by atoms with Crippen LogP contribution < -0.4 is 58.7 Å². The van der Waals surface area contributed by atoms with E-state index in [-0.39, 0.29) is 62.2 Å². The second kappa shape index (κ2) is 16.0. The fraction of sp³-hybridized carbons (Fsp3) is 1.00. The molecular weight excluding hydrogens is 1200 g/mol. The smallest absolute Gasteiger partial charge is 0.808 e. The largest absolute Gasteiger partial charge is 6.00 e. The Morgan fingerprint density at radius 3 is 0.371 bits per heavy atom. The molecule has 0 aliphatic rings. The van der Waals surface area contributed by atoms with Crippen LogP contribution in [0.5, 0.6) is 0 Å². The van der Waals surface area contributed by atoms with Gasteiger partial charge in [-0.1, -0.05) is 69.6 Å². The van der Waals surface area contributed by atoms with Crippen molar-refractivity contribution in [3.63, 3.8) is 0 Å². The molecule has 0 atom stereocenters. The average molecular weight is 1200 g/mol. The first-order chi connectivity index (χ1) is 13.5. The molecule has 0 amide bonds. The first-order valence-corrected chi connectivity index (χ1v) is 17.3. The molecule has 0 saturated carbocycles. The monoisotopic (exact) mass is 1200 g/mol. The molecule has 18 nitrogen and oxygen atoms in total. The van der Waals surface area contributed by atoms with Crippen molar-refractivity contribution in [2.24, 2.45) is 0 Å². The molecule has 0 aromatic rings. The summed E-state index contributed by atoms with van der Waals surface area (Å²) in [6.45, 7) is 0. The van der Waals surface area contributed by atoms with Gasteiger partial charge in [0.2, 0.25) is 0 Å². The average Bonchev–Trinajstić information content (AvgIpc) is 2.41. The second-order valence-corrected chi connectivity index (χ2v) is 22.7. The molecule has 0 bridgehead atoms.